The van der Waals surface area contributed by atoms with Gasteiger partial charge in [-0.25, -0.2) is 9.97 Å². The Morgan fingerprint density at radius 1 is 1.29 bits per heavy atom. The van der Waals surface area contributed by atoms with Crippen LogP contribution >= 0.6 is 0 Å². The normalized spacial score (nSPS) is 12.6. The average Bonchev–Trinajstić information content (AvgIpc) is 2.86. The van der Waals surface area contributed by atoms with Crippen molar-refractivity contribution >= 4 is 0 Å². The van der Waals surface area contributed by atoms with E-state index in [0.29, 0.717) is 11.8 Å². The summed E-state index contributed by atoms with van der Waals surface area (Å²) >= 11 is 0. The molecule has 0 aliphatic rings. The molecule has 17 heavy (non-hydrogen) atoms. The van der Waals surface area contributed by atoms with Crippen LogP contribution in [0.1, 0.15) is 32.2 Å². The molecule has 0 amide bonds. The Kier molecular flexibility index (Phi) is 3.77. The van der Waals surface area contributed by atoms with E-state index in [-0.39, 0.29) is 6.04 Å². The molecule has 0 saturated carbocycles. The Bertz CT molecular complexity index is 456. The third kappa shape index (κ3) is 2.85. The van der Waals surface area contributed by atoms with E-state index in [1.807, 2.05) is 6.92 Å². The van der Waals surface area contributed by atoms with E-state index >= 15 is 0 Å². The van der Waals surface area contributed by atoms with E-state index in [0.717, 1.165) is 18.5 Å². The monoisotopic (exact) mass is 233 g/mol. The van der Waals surface area contributed by atoms with Crippen molar-refractivity contribution in [2.45, 2.75) is 26.3 Å². The Labute approximate surface area is 99.5 Å². The van der Waals surface area contributed by atoms with Crippen LogP contribution in [0.2, 0.25) is 0 Å². The lowest BCUT2D eigenvalue weighted by Gasteiger charge is -2.07. The fraction of sp³-hybridized carbons (Fsp3) is 0.455. The molecule has 1 unspecified atom stereocenters. The average molecular weight is 233 g/mol. The minimum atomic E-state index is 0.0563. The third-order valence-electron chi connectivity index (χ3n) is 2.32. The van der Waals surface area contributed by atoms with Gasteiger partial charge in [-0.3, -0.25) is 0 Å². The maximum Gasteiger partial charge on any atom is 0.250 e. The number of nitrogens with zero attached hydrogens (tertiary/aromatic N) is 4. The van der Waals surface area contributed by atoms with Gasteiger partial charge in [0.05, 0.1) is 11.6 Å². The Morgan fingerprint density at radius 2 is 2.06 bits per heavy atom. The van der Waals surface area contributed by atoms with Crippen LogP contribution in [0, 0.1) is 0 Å². The number of hydrogen-bond donors (Lipinski definition) is 1. The van der Waals surface area contributed by atoms with Gasteiger partial charge in [-0.2, -0.15) is 0 Å². The maximum absolute atomic E-state index is 5.56. The van der Waals surface area contributed by atoms with Crippen LogP contribution < -0.4 is 5.32 Å². The number of hydrogen-bond acceptors (Lipinski definition) is 6. The molecule has 6 heteroatoms. The third-order valence-corrected chi connectivity index (χ3v) is 2.32. The molecule has 0 saturated heterocycles. The second-order valence-corrected chi connectivity index (χ2v) is 3.75. The van der Waals surface area contributed by atoms with Gasteiger partial charge in [0.1, 0.15) is 6.33 Å². The summed E-state index contributed by atoms with van der Waals surface area (Å²) in [7, 11) is 0. The van der Waals surface area contributed by atoms with E-state index < -0.39 is 0 Å². The van der Waals surface area contributed by atoms with Crippen LogP contribution in [-0.4, -0.2) is 26.7 Å². The molecule has 2 rings (SSSR count). The summed E-state index contributed by atoms with van der Waals surface area (Å²) in [6, 6.07) is 0.0563. The van der Waals surface area contributed by atoms with Crippen LogP contribution in [0.3, 0.4) is 0 Å². The number of aromatic nitrogens is 4. The van der Waals surface area contributed by atoms with E-state index in [1.54, 1.807) is 12.4 Å². The van der Waals surface area contributed by atoms with Crippen molar-refractivity contribution in [2.24, 2.45) is 0 Å². The Balaban J connectivity index is 2.11. The highest BCUT2D eigenvalue weighted by Gasteiger charge is 2.14. The minimum absolute atomic E-state index is 0.0563. The van der Waals surface area contributed by atoms with Crippen molar-refractivity contribution in [1.29, 1.82) is 0 Å². The Morgan fingerprint density at radius 3 is 2.76 bits per heavy atom. The topological polar surface area (TPSA) is 76.7 Å². The number of rotatable bonds is 5. The van der Waals surface area contributed by atoms with Crippen molar-refractivity contribution in [3.05, 3.63) is 24.6 Å². The molecule has 90 valence electrons. The molecule has 2 aromatic rings. The highest BCUT2D eigenvalue weighted by atomic mass is 16.4. The van der Waals surface area contributed by atoms with Gasteiger partial charge in [0, 0.05) is 12.4 Å². The second-order valence-electron chi connectivity index (χ2n) is 3.75. The fourth-order valence-electron chi connectivity index (χ4n) is 1.38. The summed E-state index contributed by atoms with van der Waals surface area (Å²) in [6.07, 6.45) is 5.83. The quantitative estimate of drug-likeness (QED) is 0.845. The predicted octanol–water partition coefficient (Wildman–Crippen LogP) is 1.59. The second kappa shape index (κ2) is 5.49. The van der Waals surface area contributed by atoms with Crippen molar-refractivity contribution in [1.82, 2.24) is 25.5 Å². The molecular formula is C11H15N5O. The maximum atomic E-state index is 5.56. The molecule has 0 bridgehead atoms. The van der Waals surface area contributed by atoms with Crippen molar-refractivity contribution in [2.75, 3.05) is 6.54 Å². The lowest BCUT2D eigenvalue weighted by Crippen LogP contribution is -2.19. The fourth-order valence-corrected chi connectivity index (χ4v) is 1.38. The molecule has 1 atom stereocenters. The zero-order valence-electron chi connectivity index (χ0n) is 9.92. The summed E-state index contributed by atoms with van der Waals surface area (Å²) in [4.78, 5) is 7.82. The van der Waals surface area contributed by atoms with Gasteiger partial charge in [0.25, 0.3) is 5.89 Å². The first-order chi connectivity index (χ1) is 8.31. The van der Waals surface area contributed by atoms with Gasteiger partial charge in [0.2, 0.25) is 5.89 Å². The highest BCUT2D eigenvalue weighted by molar-refractivity contribution is 5.48. The molecule has 0 fully saturated rings. The summed E-state index contributed by atoms with van der Waals surface area (Å²) in [5, 5.41) is 11.3. The van der Waals surface area contributed by atoms with Gasteiger partial charge in [-0.15, -0.1) is 10.2 Å². The lowest BCUT2D eigenvalue weighted by molar-refractivity contribution is 0.423. The van der Waals surface area contributed by atoms with Crippen LogP contribution in [0.25, 0.3) is 11.5 Å². The van der Waals surface area contributed by atoms with E-state index in [9.17, 15) is 0 Å². The summed E-state index contributed by atoms with van der Waals surface area (Å²) in [5.41, 5.74) is 0.731. The molecule has 0 radical (unpaired) electrons. The van der Waals surface area contributed by atoms with Gasteiger partial charge < -0.3 is 9.73 Å². The van der Waals surface area contributed by atoms with Crippen LogP contribution in [0.5, 0.6) is 0 Å². The molecule has 2 aromatic heterocycles. The van der Waals surface area contributed by atoms with Gasteiger partial charge in [-0.1, -0.05) is 6.92 Å². The molecular weight excluding hydrogens is 218 g/mol. The van der Waals surface area contributed by atoms with E-state index in [2.05, 4.69) is 32.4 Å². The molecule has 2 heterocycles. The first-order valence-electron chi connectivity index (χ1n) is 5.63. The smallest absolute Gasteiger partial charge is 0.250 e. The molecule has 0 spiro atoms. The number of nitrogens with one attached hydrogen (secondary N) is 1. The molecule has 0 aromatic carbocycles. The van der Waals surface area contributed by atoms with E-state index in [1.165, 1.54) is 6.33 Å². The molecule has 0 aliphatic heterocycles. The Hall–Kier alpha value is -1.82. The standard InChI is InChI=1S/C11H15N5O/c1-3-4-14-8(2)10-15-16-11(17-10)9-5-12-7-13-6-9/h5-8,14H,3-4H2,1-2H3. The SMILES string of the molecule is CCCNC(C)c1nnc(-c2cncnc2)o1. The zero-order valence-corrected chi connectivity index (χ0v) is 9.92. The first-order valence-corrected chi connectivity index (χ1v) is 5.63. The highest BCUT2D eigenvalue weighted by Crippen LogP contribution is 2.18. The first kappa shape index (κ1) is 11.7. The van der Waals surface area contributed by atoms with Crippen LogP contribution in [-0.2, 0) is 0 Å². The summed E-state index contributed by atoms with van der Waals surface area (Å²) < 4.78 is 5.56. The predicted molar refractivity (Wildman–Crippen MR) is 62.0 cm³/mol. The summed E-state index contributed by atoms with van der Waals surface area (Å²) in [5.74, 6) is 1.03. The van der Waals surface area contributed by atoms with Crippen LogP contribution in [0.4, 0.5) is 0 Å². The molecule has 1 N–H and O–H groups in total. The van der Waals surface area contributed by atoms with Crippen LogP contribution in [0.15, 0.2) is 23.1 Å². The van der Waals surface area contributed by atoms with Crippen molar-refractivity contribution < 1.29 is 4.42 Å². The van der Waals surface area contributed by atoms with Crippen molar-refractivity contribution in [3.63, 3.8) is 0 Å². The van der Waals surface area contributed by atoms with E-state index in [4.69, 9.17) is 4.42 Å². The minimum Gasteiger partial charge on any atom is -0.419 e. The van der Waals surface area contributed by atoms with Crippen molar-refractivity contribution in [3.8, 4) is 11.5 Å². The van der Waals surface area contributed by atoms with Gasteiger partial charge in [0.15, 0.2) is 0 Å². The summed E-state index contributed by atoms with van der Waals surface area (Å²) in [6.45, 7) is 5.03. The van der Waals surface area contributed by atoms with Gasteiger partial charge >= 0.3 is 0 Å². The lowest BCUT2D eigenvalue weighted by atomic mass is 10.3. The van der Waals surface area contributed by atoms with Gasteiger partial charge in [-0.05, 0) is 19.9 Å². The molecule has 0 aliphatic carbocycles. The zero-order chi connectivity index (χ0) is 12.1. The molecule has 6 nitrogen and oxygen atoms in total. The largest absolute Gasteiger partial charge is 0.419 e.